The van der Waals surface area contributed by atoms with Crippen molar-refractivity contribution in [1.82, 2.24) is 0 Å². The molecule has 0 saturated carbocycles. The summed E-state index contributed by atoms with van der Waals surface area (Å²) in [6.07, 6.45) is -1.71. The molecule has 0 aromatic carbocycles. The van der Waals surface area contributed by atoms with Crippen LogP contribution in [0.25, 0.3) is 0 Å². The molecular formula is C10H18F3O. The molecule has 0 aromatic heterocycles. The molecule has 0 aliphatic rings. The summed E-state index contributed by atoms with van der Waals surface area (Å²) in [6, 6.07) is 0. The highest BCUT2D eigenvalue weighted by Gasteiger charge is 2.37. The Morgan fingerprint density at radius 3 is 2.00 bits per heavy atom. The van der Waals surface area contributed by atoms with Crippen LogP contribution in [-0.2, 0) is 0 Å². The number of alkyl halides is 3. The summed E-state index contributed by atoms with van der Waals surface area (Å²) in [6.45, 7) is 3.68. The summed E-state index contributed by atoms with van der Waals surface area (Å²) in [4.78, 5) is 0. The third-order valence-corrected chi connectivity index (χ3v) is 2.11. The average molecular weight is 211 g/mol. The molecular weight excluding hydrogens is 193 g/mol. The first-order valence-electron chi connectivity index (χ1n) is 5.02. The lowest BCUT2D eigenvalue weighted by atomic mass is 10.1. The topological polar surface area (TPSA) is 20.2 Å². The van der Waals surface area contributed by atoms with E-state index in [-0.39, 0.29) is 6.42 Å². The van der Waals surface area contributed by atoms with E-state index in [9.17, 15) is 13.2 Å². The van der Waals surface area contributed by atoms with E-state index < -0.39 is 12.3 Å². The lowest BCUT2D eigenvalue weighted by Gasteiger charge is -2.13. The highest BCUT2D eigenvalue weighted by Crippen LogP contribution is 2.24. The van der Waals surface area contributed by atoms with E-state index in [4.69, 9.17) is 5.11 Å². The summed E-state index contributed by atoms with van der Waals surface area (Å²) in [5.41, 5.74) is 0. The van der Waals surface area contributed by atoms with Crippen molar-refractivity contribution < 1.29 is 18.3 Å². The average Bonchev–Trinajstić information content (AvgIpc) is 2.09. The second-order valence-electron chi connectivity index (χ2n) is 3.47. The molecule has 0 aliphatic heterocycles. The normalized spacial score (nSPS) is 14.4. The minimum Gasteiger partial charge on any atom is -0.384 e. The summed E-state index contributed by atoms with van der Waals surface area (Å²) in [5.74, 6) is 0. The van der Waals surface area contributed by atoms with Crippen molar-refractivity contribution in [2.75, 3.05) is 0 Å². The van der Waals surface area contributed by atoms with Gasteiger partial charge in [-0.3, -0.25) is 0 Å². The van der Waals surface area contributed by atoms with Crippen LogP contribution < -0.4 is 0 Å². The fourth-order valence-corrected chi connectivity index (χ4v) is 1.21. The second-order valence-corrected chi connectivity index (χ2v) is 3.47. The molecule has 14 heavy (non-hydrogen) atoms. The molecule has 0 aromatic rings. The molecule has 0 rings (SSSR count). The van der Waals surface area contributed by atoms with Gasteiger partial charge in [0, 0.05) is 0 Å². The maximum atomic E-state index is 11.8. The van der Waals surface area contributed by atoms with Gasteiger partial charge in [0.2, 0.25) is 0 Å². The molecule has 1 N–H and O–H groups in total. The van der Waals surface area contributed by atoms with Crippen molar-refractivity contribution in [2.45, 2.75) is 57.2 Å². The molecule has 0 aliphatic carbocycles. The number of aliphatic hydroxyl groups is 1. The van der Waals surface area contributed by atoms with Crippen LogP contribution in [0, 0.1) is 6.92 Å². The molecule has 0 spiro atoms. The quantitative estimate of drug-likeness (QED) is 0.639. The Kier molecular flexibility index (Phi) is 6.97. The minimum absolute atomic E-state index is 0.173. The third-order valence-electron chi connectivity index (χ3n) is 2.11. The molecule has 85 valence electrons. The van der Waals surface area contributed by atoms with Crippen LogP contribution in [0.5, 0.6) is 0 Å². The predicted molar refractivity (Wildman–Crippen MR) is 49.7 cm³/mol. The van der Waals surface area contributed by atoms with Gasteiger partial charge in [0.15, 0.2) is 0 Å². The zero-order valence-corrected chi connectivity index (χ0v) is 8.32. The molecule has 0 fully saturated rings. The van der Waals surface area contributed by atoms with Gasteiger partial charge in [-0.15, -0.1) is 0 Å². The first kappa shape index (κ1) is 13.8. The molecule has 0 heterocycles. The van der Waals surface area contributed by atoms with Gasteiger partial charge in [-0.25, -0.2) is 0 Å². The Morgan fingerprint density at radius 1 is 1.00 bits per heavy atom. The maximum absolute atomic E-state index is 11.8. The van der Waals surface area contributed by atoms with E-state index in [1.165, 1.54) is 0 Å². The van der Waals surface area contributed by atoms with E-state index in [1.54, 1.807) is 0 Å². The van der Waals surface area contributed by atoms with Crippen molar-refractivity contribution in [3.63, 3.8) is 0 Å². The number of halogens is 3. The molecule has 1 unspecified atom stereocenters. The molecule has 0 saturated heterocycles. The smallest absolute Gasteiger partial charge is 0.384 e. The van der Waals surface area contributed by atoms with Gasteiger partial charge in [-0.2, -0.15) is 13.2 Å². The zero-order chi connectivity index (χ0) is 11.0. The van der Waals surface area contributed by atoms with E-state index >= 15 is 0 Å². The van der Waals surface area contributed by atoms with Crippen LogP contribution >= 0.6 is 0 Å². The molecule has 1 atom stereocenters. The van der Waals surface area contributed by atoms with Crippen LogP contribution in [0.1, 0.15) is 44.9 Å². The van der Waals surface area contributed by atoms with Crippen LogP contribution in [0.2, 0.25) is 0 Å². The van der Waals surface area contributed by atoms with Gasteiger partial charge in [-0.05, 0) is 6.42 Å². The Balaban J connectivity index is 3.28. The monoisotopic (exact) mass is 211 g/mol. The standard InChI is InChI=1S/C10H18F3O/c1-2-3-4-5-6-7-8-9(14)10(11,12)13/h9,14H,1-8H2. The van der Waals surface area contributed by atoms with Gasteiger partial charge in [-0.1, -0.05) is 45.4 Å². The number of rotatable bonds is 7. The molecule has 0 amide bonds. The Bertz CT molecular complexity index is 134. The van der Waals surface area contributed by atoms with Crippen molar-refractivity contribution in [1.29, 1.82) is 0 Å². The lowest BCUT2D eigenvalue weighted by molar-refractivity contribution is -0.205. The zero-order valence-electron chi connectivity index (χ0n) is 8.32. The van der Waals surface area contributed by atoms with Crippen molar-refractivity contribution in [3.8, 4) is 0 Å². The molecule has 0 bridgehead atoms. The van der Waals surface area contributed by atoms with Gasteiger partial charge >= 0.3 is 6.18 Å². The van der Waals surface area contributed by atoms with Gasteiger partial charge in [0.05, 0.1) is 0 Å². The summed E-state index contributed by atoms with van der Waals surface area (Å²) in [5, 5.41) is 8.65. The van der Waals surface area contributed by atoms with Crippen LogP contribution in [0.15, 0.2) is 0 Å². The molecule has 1 radical (unpaired) electrons. The Morgan fingerprint density at radius 2 is 1.50 bits per heavy atom. The van der Waals surface area contributed by atoms with Gasteiger partial charge < -0.3 is 5.11 Å². The number of hydrogen-bond acceptors (Lipinski definition) is 1. The first-order valence-corrected chi connectivity index (χ1v) is 5.02. The molecule has 1 nitrogen and oxygen atoms in total. The van der Waals surface area contributed by atoms with Gasteiger partial charge in [0.1, 0.15) is 6.10 Å². The fraction of sp³-hybridized carbons (Fsp3) is 0.900. The van der Waals surface area contributed by atoms with Crippen molar-refractivity contribution in [2.24, 2.45) is 0 Å². The summed E-state index contributed by atoms with van der Waals surface area (Å²) < 4.78 is 35.5. The number of unbranched alkanes of at least 4 members (excludes halogenated alkanes) is 5. The number of hydrogen-bond donors (Lipinski definition) is 1. The van der Waals surface area contributed by atoms with E-state index in [0.717, 1.165) is 32.1 Å². The highest BCUT2D eigenvalue weighted by molar-refractivity contribution is 4.64. The third kappa shape index (κ3) is 7.18. The van der Waals surface area contributed by atoms with Crippen LogP contribution in [0.4, 0.5) is 13.2 Å². The maximum Gasteiger partial charge on any atom is 0.414 e. The summed E-state index contributed by atoms with van der Waals surface area (Å²) >= 11 is 0. The largest absolute Gasteiger partial charge is 0.414 e. The van der Waals surface area contributed by atoms with Crippen LogP contribution in [-0.4, -0.2) is 17.4 Å². The van der Waals surface area contributed by atoms with Crippen molar-refractivity contribution in [3.05, 3.63) is 6.92 Å². The minimum atomic E-state index is -4.45. The van der Waals surface area contributed by atoms with E-state index in [2.05, 4.69) is 6.92 Å². The lowest BCUT2D eigenvalue weighted by Crippen LogP contribution is -2.28. The first-order chi connectivity index (χ1) is 6.48. The Labute approximate surface area is 83.3 Å². The fourth-order valence-electron chi connectivity index (χ4n) is 1.21. The van der Waals surface area contributed by atoms with Crippen LogP contribution in [0.3, 0.4) is 0 Å². The SMILES string of the molecule is [CH2]CCCCCCCC(O)C(F)(F)F. The number of aliphatic hydroxyl groups excluding tert-OH is 1. The predicted octanol–water partition coefficient (Wildman–Crippen LogP) is 3.47. The van der Waals surface area contributed by atoms with E-state index in [0.29, 0.717) is 6.42 Å². The second kappa shape index (κ2) is 7.10. The highest BCUT2D eigenvalue weighted by atomic mass is 19.4. The summed E-state index contributed by atoms with van der Waals surface area (Å²) in [7, 11) is 0. The molecule has 4 heteroatoms. The van der Waals surface area contributed by atoms with Crippen molar-refractivity contribution >= 4 is 0 Å². The van der Waals surface area contributed by atoms with Gasteiger partial charge in [0.25, 0.3) is 0 Å². The Hall–Kier alpha value is -0.250. The van der Waals surface area contributed by atoms with E-state index in [1.807, 2.05) is 0 Å².